The average molecular weight is 238 g/mol. The van der Waals surface area contributed by atoms with Gasteiger partial charge in [0.15, 0.2) is 0 Å². The SMILES string of the molecule is CC(Cc1cccs1)NC1CCC(=O)NC1. The molecule has 2 heterocycles. The number of thiophene rings is 1. The van der Waals surface area contributed by atoms with Gasteiger partial charge in [-0.2, -0.15) is 0 Å². The van der Waals surface area contributed by atoms with Gasteiger partial charge >= 0.3 is 0 Å². The molecule has 0 spiro atoms. The maximum absolute atomic E-state index is 11.0. The Hall–Kier alpha value is -0.870. The molecule has 2 unspecified atom stereocenters. The van der Waals surface area contributed by atoms with E-state index in [1.807, 2.05) is 0 Å². The van der Waals surface area contributed by atoms with E-state index in [4.69, 9.17) is 0 Å². The third kappa shape index (κ3) is 3.32. The first-order valence-electron chi connectivity index (χ1n) is 5.79. The van der Waals surface area contributed by atoms with Gasteiger partial charge in [-0.3, -0.25) is 4.79 Å². The third-order valence-corrected chi connectivity index (χ3v) is 3.77. The number of carbonyl (C=O) groups is 1. The van der Waals surface area contributed by atoms with Crippen LogP contribution >= 0.6 is 11.3 Å². The van der Waals surface area contributed by atoms with Crippen molar-refractivity contribution in [2.75, 3.05) is 6.54 Å². The normalized spacial score (nSPS) is 22.8. The molecule has 1 saturated heterocycles. The fourth-order valence-electron chi connectivity index (χ4n) is 2.07. The van der Waals surface area contributed by atoms with Crippen LogP contribution in [0.1, 0.15) is 24.6 Å². The molecule has 0 radical (unpaired) electrons. The lowest BCUT2D eigenvalue weighted by molar-refractivity contribution is -0.122. The molecule has 1 aromatic heterocycles. The summed E-state index contributed by atoms with van der Waals surface area (Å²) in [6, 6.07) is 5.17. The molecule has 2 atom stereocenters. The lowest BCUT2D eigenvalue weighted by Crippen LogP contribution is -2.48. The summed E-state index contributed by atoms with van der Waals surface area (Å²) in [7, 11) is 0. The second-order valence-electron chi connectivity index (χ2n) is 4.39. The van der Waals surface area contributed by atoms with Gasteiger partial charge < -0.3 is 10.6 Å². The molecule has 0 saturated carbocycles. The van der Waals surface area contributed by atoms with Gasteiger partial charge in [0.05, 0.1) is 0 Å². The Morgan fingerprint density at radius 3 is 3.19 bits per heavy atom. The highest BCUT2D eigenvalue weighted by Gasteiger charge is 2.19. The van der Waals surface area contributed by atoms with E-state index in [1.54, 1.807) is 11.3 Å². The van der Waals surface area contributed by atoms with Crippen molar-refractivity contribution >= 4 is 17.2 Å². The molecular formula is C12H18N2OS. The van der Waals surface area contributed by atoms with Crippen LogP contribution in [0.4, 0.5) is 0 Å². The largest absolute Gasteiger partial charge is 0.355 e. The van der Waals surface area contributed by atoms with E-state index < -0.39 is 0 Å². The highest BCUT2D eigenvalue weighted by atomic mass is 32.1. The molecule has 1 fully saturated rings. The Bertz CT molecular complexity index is 327. The summed E-state index contributed by atoms with van der Waals surface area (Å²) in [6.07, 6.45) is 2.69. The average Bonchev–Trinajstić information content (AvgIpc) is 2.74. The monoisotopic (exact) mass is 238 g/mol. The highest BCUT2D eigenvalue weighted by molar-refractivity contribution is 7.09. The van der Waals surface area contributed by atoms with Gasteiger partial charge in [0, 0.05) is 29.9 Å². The molecule has 2 N–H and O–H groups in total. The maximum Gasteiger partial charge on any atom is 0.220 e. The molecule has 0 aliphatic carbocycles. The first-order valence-corrected chi connectivity index (χ1v) is 6.67. The Balaban J connectivity index is 1.74. The van der Waals surface area contributed by atoms with Gasteiger partial charge in [-0.1, -0.05) is 6.07 Å². The van der Waals surface area contributed by atoms with E-state index in [9.17, 15) is 4.79 Å². The second-order valence-corrected chi connectivity index (χ2v) is 5.42. The van der Waals surface area contributed by atoms with Crippen LogP contribution in [0.25, 0.3) is 0 Å². The molecule has 0 bridgehead atoms. The Morgan fingerprint density at radius 1 is 1.69 bits per heavy atom. The number of piperidine rings is 1. The maximum atomic E-state index is 11.0. The lowest BCUT2D eigenvalue weighted by Gasteiger charge is -2.26. The molecule has 3 nitrogen and oxygen atoms in total. The quantitative estimate of drug-likeness (QED) is 0.835. The van der Waals surface area contributed by atoms with Gasteiger partial charge in [0.1, 0.15) is 0 Å². The summed E-state index contributed by atoms with van der Waals surface area (Å²) in [5.41, 5.74) is 0. The van der Waals surface area contributed by atoms with Crippen LogP contribution in [-0.2, 0) is 11.2 Å². The molecule has 16 heavy (non-hydrogen) atoms. The number of carbonyl (C=O) groups excluding carboxylic acids is 1. The van der Waals surface area contributed by atoms with Crippen LogP contribution in [0.15, 0.2) is 17.5 Å². The summed E-state index contributed by atoms with van der Waals surface area (Å²) in [5.74, 6) is 0.184. The highest BCUT2D eigenvalue weighted by Crippen LogP contribution is 2.12. The molecule has 2 rings (SSSR count). The minimum absolute atomic E-state index is 0.184. The van der Waals surface area contributed by atoms with Crippen molar-refractivity contribution in [3.05, 3.63) is 22.4 Å². The van der Waals surface area contributed by atoms with Crippen LogP contribution in [0.3, 0.4) is 0 Å². The van der Waals surface area contributed by atoms with Crippen molar-refractivity contribution in [2.45, 2.75) is 38.3 Å². The minimum Gasteiger partial charge on any atom is -0.355 e. The van der Waals surface area contributed by atoms with Crippen molar-refractivity contribution in [2.24, 2.45) is 0 Å². The van der Waals surface area contributed by atoms with E-state index >= 15 is 0 Å². The van der Waals surface area contributed by atoms with Crippen LogP contribution in [0.2, 0.25) is 0 Å². The zero-order valence-electron chi connectivity index (χ0n) is 9.53. The zero-order chi connectivity index (χ0) is 11.4. The van der Waals surface area contributed by atoms with E-state index in [0.29, 0.717) is 18.5 Å². The topological polar surface area (TPSA) is 41.1 Å². The lowest BCUT2D eigenvalue weighted by atomic mass is 10.1. The fourth-order valence-corrected chi connectivity index (χ4v) is 2.90. The van der Waals surface area contributed by atoms with Crippen LogP contribution in [-0.4, -0.2) is 24.5 Å². The second kappa shape index (κ2) is 5.46. The number of amides is 1. The molecule has 4 heteroatoms. The summed E-state index contributed by atoms with van der Waals surface area (Å²) in [6.45, 7) is 2.98. The molecule has 0 aromatic carbocycles. The van der Waals surface area contributed by atoms with E-state index in [0.717, 1.165) is 19.4 Å². The van der Waals surface area contributed by atoms with E-state index in [2.05, 4.69) is 35.1 Å². The van der Waals surface area contributed by atoms with Gasteiger partial charge in [0.25, 0.3) is 0 Å². The Morgan fingerprint density at radius 2 is 2.56 bits per heavy atom. The van der Waals surface area contributed by atoms with Gasteiger partial charge in [-0.15, -0.1) is 11.3 Å². The predicted octanol–water partition coefficient (Wildman–Crippen LogP) is 1.55. The molecular weight excluding hydrogens is 220 g/mol. The van der Waals surface area contributed by atoms with Crippen LogP contribution in [0.5, 0.6) is 0 Å². The first kappa shape index (κ1) is 11.6. The molecule has 1 aliphatic rings. The van der Waals surface area contributed by atoms with Crippen molar-refractivity contribution in [1.29, 1.82) is 0 Å². The Labute approximate surface area is 100 Å². The van der Waals surface area contributed by atoms with E-state index in [-0.39, 0.29) is 5.91 Å². The zero-order valence-corrected chi connectivity index (χ0v) is 10.3. The first-order chi connectivity index (χ1) is 7.74. The minimum atomic E-state index is 0.184. The van der Waals surface area contributed by atoms with Crippen LogP contribution < -0.4 is 10.6 Å². The number of nitrogens with one attached hydrogen (secondary N) is 2. The van der Waals surface area contributed by atoms with Crippen molar-refractivity contribution < 1.29 is 4.79 Å². The molecule has 1 amide bonds. The van der Waals surface area contributed by atoms with Crippen molar-refractivity contribution in [3.8, 4) is 0 Å². The Kier molecular flexibility index (Phi) is 3.96. The van der Waals surface area contributed by atoms with Crippen LogP contribution in [0, 0.1) is 0 Å². The molecule has 88 valence electrons. The molecule has 1 aromatic rings. The number of hydrogen-bond donors (Lipinski definition) is 2. The summed E-state index contributed by atoms with van der Waals surface area (Å²) in [5, 5.41) is 8.58. The van der Waals surface area contributed by atoms with Gasteiger partial charge in [0.2, 0.25) is 5.91 Å². The number of hydrogen-bond acceptors (Lipinski definition) is 3. The van der Waals surface area contributed by atoms with E-state index in [1.165, 1.54) is 4.88 Å². The summed E-state index contributed by atoms with van der Waals surface area (Å²) >= 11 is 1.80. The van der Waals surface area contributed by atoms with Gasteiger partial charge in [-0.25, -0.2) is 0 Å². The smallest absolute Gasteiger partial charge is 0.220 e. The van der Waals surface area contributed by atoms with Gasteiger partial charge in [-0.05, 0) is 31.2 Å². The van der Waals surface area contributed by atoms with Crippen molar-refractivity contribution in [1.82, 2.24) is 10.6 Å². The summed E-state index contributed by atoms with van der Waals surface area (Å²) in [4.78, 5) is 12.4. The third-order valence-electron chi connectivity index (χ3n) is 2.87. The fraction of sp³-hybridized carbons (Fsp3) is 0.583. The molecule has 1 aliphatic heterocycles. The standard InChI is InChI=1S/C12H18N2OS/c1-9(7-11-3-2-6-16-11)14-10-4-5-12(15)13-8-10/h2-3,6,9-10,14H,4-5,7-8H2,1H3,(H,13,15). The summed E-state index contributed by atoms with van der Waals surface area (Å²) < 4.78 is 0. The number of rotatable bonds is 4. The predicted molar refractivity (Wildman–Crippen MR) is 66.7 cm³/mol. The van der Waals surface area contributed by atoms with Crippen molar-refractivity contribution in [3.63, 3.8) is 0 Å².